The number of nitrogens with zero attached hydrogens (tertiary/aromatic N) is 1. The minimum Gasteiger partial charge on any atom is -0.310 e. The second-order valence-corrected chi connectivity index (χ2v) is 17.2. The van der Waals surface area contributed by atoms with Gasteiger partial charge in [0.25, 0.3) is 0 Å². The molecule has 6 unspecified atom stereocenters. The van der Waals surface area contributed by atoms with E-state index in [-0.39, 0.29) is 6.04 Å². The molecule has 0 aromatic heterocycles. The van der Waals surface area contributed by atoms with Gasteiger partial charge in [0.1, 0.15) is 0 Å². The normalized spacial score (nSPS) is 29.6. The van der Waals surface area contributed by atoms with Gasteiger partial charge in [-0.1, -0.05) is 133 Å². The maximum Gasteiger partial charge on any atom is 0.0743 e. The molecule has 282 valence electrons. The summed E-state index contributed by atoms with van der Waals surface area (Å²) in [5.74, 6) is 1.63. The van der Waals surface area contributed by atoms with Gasteiger partial charge in [0, 0.05) is 35.9 Å². The van der Waals surface area contributed by atoms with Crippen molar-refractivity contribution in [3.8, 4) is 0 Å². The summed E-state index contributed by atoms with van der Waals surface area (Å²) < 4.78 is 0. The molecule has 6 atom stereocenters. The summed E-state index contributed by atoms with van der Waals surface area (Å²) in [6.45, 7) is 1.06. The Morgan fingerprint density at radius 2 is 1.64 bits per heavy atom. The standard InChI is InChI=1S/C54H56N2/c1-3-15-37(16-4-1)44-33-45(38-17-5-2-6-18-38)35-46(34-44)39-27-28-49-50(36-39)54(43-22-14-20-41(32-43)52-26-10-12-30-56-52)48-24-8-7-23-47(48)53(49)42-21-13-19-40(31-42)51-25-9-11-29-55-51/h1,3,5,7-10,12-13,15,17-18,21,23-25,27-28,30-32,34-35,39-40,43-44,51-52,55H,2,4,6,11,14,16,19-20,22,26,29,33,36H2. The number of fused-ring (bicyclic) bond motifs is 2. The zero-order valence-electron chi connectivity index (χ0n) is 32.9. The third-order valence-corrected chi connectivity index (χ3v) is 13.7. The molecular formula is C54H56N2. The number of benzene rings is 2. The molecule has 0 saturated carbocycles. The molecule has 0 spiro atoms. The first-order valence-corrected chi connectivity index (χ1v) is 21.8. The Morgan fingerprint density at radius 3 is 2.48 bits per heavy atom. The van der Waals surface area contributed by atoms with Crippen LogP contribution in [0.1, 0.15) is 98.8 Å². The van der Waals surface area contributed by atoms with Crippen molar-refractivity contribution in [1.82, 2.24) is 5.32 Å². The predicted molar refractivity (Wildman–Crippen MR) is 239 cm³/mol. The van der Waals surface area contributed by atoms with Crippen LogP contribution >= 0.6 is 0 Å². The quantitative estimate of drug-likeness (QED) is 0.282. The number of aliphatic imine (C=N–C) groups is 1. The number of dihydropyridines is 1. The maximum absolute atomic E-state index is 4.97. The summed E-state index contributed by atoms with van der Waals surface area (Å²) in [5.41, 5.74) is 15.0. The zero-order valence-corrected chi connectivity index (χ0v) is 32.9. The monoisotopic (exact) mass is 732 g/mol. The molecule has 2 heteroatoms. The fourth-order valence-electron chi connectivity index (χ4n) is 10.9. The van der Waals surface area contributed by atoms with Gasteiger partial charge in [-0.3, -0.25) is 4.99 Å². The average molecular weight is 733 g/mol. The first-order chi connectivity index (χ1) is 27.8. The van der Waals surface area contributed by atoms with Crippen LogP contribution in [0.5, 0.6) is 0 Å². The van der Waals surface area contributed by atoms with Crippen LogP contribution in [0, 0.1) is 17.8 Å². The number of allylic oxidation sites excluding steroid dienone is 18. The third-order valence-electron chi connectivity index (χ3n) is 13.7. The van der Waals surface area contributed by atoms with E-state index in [1.165, 1.54) is 69.0 Å². The molecule has 2 aliphatic heterocycles. The zero-order chi connectivity index (χ0) is 37.3. The lowest BCUT2D eigenvalue weighted by Crippen LogP contribution is -2.36. The highest BCUT2D eigenvalue weighted by atomic mass is 14.9. The van der Waals surface area contributed by atoms with E-state index in [2.05, 4.69) is 139 Å². The van der Waals surface area contributed by atoms with Gasteiger partial charge in [-0.05, 0) is 151 Å². The summed E-state index contributed by atoms with van der Waals surface area (Å²) in [7, 11) is 0. The molecule has 6 aliphatic carbocycles. The molecule has 1 N–H and O–H groups in total. The summed E-state index contributed by atoms with van der Waals surface area (Å²) in [4.78, 5) is 4.97. The molecule has 0 bridgehead atoms. The highest BCUT2D eigenvalue weighted by molar-refractivity contribution is 6.03. The Hall–Kier alpha value is -4.79. The average Bonchev–Trinajstić information content (AvgIpc) is 3.29. The molecule has 8 aliphatic rings. The Bertz CT molecular complexity index is 2300. The number of hydrogen-bond donors (Lipinski definition) is 1. The highest BCUT2D eigenvalue weighted by Gasteiger charge is 2.32. The molecule has 56 heavy (non-hydrogen) atoms. The second-order valence-electron chi connectivity index (χ2n) is 17.2. The SMILES string of the molecule is C1=CCCC(C2C=C(C3C=Cc4c(c(C5C=C(C6CC=CC=N6)CCC5)c5ccccc5c4C4=CC(C5C=CCCN5)CC=C4)C3)C=C(C3=CCCC=C3)C2)=C1. The number of nitrogens with one attached hydrogen (secondary N) is 1. The van der Waals surface area contributed by atoms with Gasteiger partial charge >= 0.3 is 0 Å². The van der Waals surface area contributed by atoms with E-state index < -0.39 is 0 Å². The Morgan fingerprint density at radius 1 is 0.696 bits per heavy atom. The summed E-state index contributed by atoms with van der Waals surface area (Å²) in [5, 5.41) is 6.66. The predicted octanol–water partition coefficient (Wildman–Crippen LogP) is 12.9. The van der Waals surface area contributed by atoms with Crippen LogP contribution in [-0.4, -0.2) is 24.8 Å². The molecule has 2 aromatic rings. The fourth-order valence-corrected chi connectivity index (χ4v) is 10.9. The van der Waals surface area contributed by atoms with E-state index >= 15 is 0 Å². The Kier molecular flexibility index (Phi) is 10.2. The molecule has 2 heterocycles. The van der Waals surface area contributed by atoms with E-state index in [0.717, 1.165) is 64.3 Å². The lowest BCUT2D eigenvalue weighted by molar-refractivity contribution is 0.464. The molecular weight excluding hydrogens is 677 g/mol. The van der Waals surface area contributed by atoms with Gasteiger partial charge in [0.05, 0.1) is 6.04 Å². The summed E-state index contributed by atoms with van der Waals surface area (Å²) in [6, 6.07) is 10.1. The largest absolute Gasteiger partial charge is 0.310 e. The maximum atomic E-state index is 4.97. The van der Waals surface area contributed by atoms with E-state index in [9.17, 15) is 0 Å². The van der Waals surface area contributed by atoms with Crippen LogP contribution in [0.4, 0.5) is 0 Å². The van der Waals surface area contributed by atoms with Gasteiger partial charge in [-0.25, -0.2) is 0 Å². The van der Waals surface area contributed by atoms with Gasteiger partial charge in [-0.2, -0.15) is 0 Å². The van der Waals surface area contributed by atoms with Crippen molar-refractivity contribution < 1.29 is 0 Å². The van der Waals surface area contributed by atoms with Crippen LogP contribution in [0.3, 0.4) is 0 Å². The van der Waals surface area contributed by atoms with Crippen molar-refractivity contribution in [1.29, 1.82) is 0 Å². The first-order valence-electron chi connectivity index (χ1n) is 21.8. The van der Waals surface area contributed by atoms with Crippen LogP contribution < -0.4 is 5.32 Å². The third kappa shape index (κ3) is 7.07. The molecule has 0 radical (unpaired) electrons. The molecule has 10 rings (SSSR count). The molecule has 0 fully saturated rings. The summed E-state index contributed by atoms with van der Waals surface area (Å²) >= 11 is 0. The van der Waals surface area contributed by atoms with Crippen molar-refractivity contribution in [2.45, 2.75) is 95.1 Å². The molecule has 0 amide bonds. The Balaban J connectivity index is 1.12. The lowest BCUT2D eigenvalue weighted by Gasteiger charge is -2.34. The first kappa shape index (κ1) is 35.6. The van der Waals surface area contributed by atoms with Crippen molar-refractivity contribution in [2.24, 2.45) is 22.7 Å². The highest BCUT2D eigenvalue weighted by Crippen LogP contribution is 2.48. The van der Waals surface area contributed by atoms with Gasteiger partial charge < -0.3 is 5.32 Å². The van der Waals surface area contributed by atoms with E-state index in [1.54, 1.807) is 16.7 Å². The topological polar surface area (TPSA) is 24.4 Å². The summed E-state index contributed by atoms with van der Waals surface area (Å²) in [6.07, 6.45) is 59.6. The smallest absolute Gasteiger partial charge is 0.0743 e. The molecule has 2 nitrogen and oxygen atoms in total. The van der Waals surface area contributed by atoms with Crippen LogP contribution in [0.15, 0.2) is 160 Å². The van der Waals surface area contributed by atoms with Gasteiger partial charge in [-0.15, -0.1) is 0 Å². The molecule has 2 aromatic carbocycles. The van der Waals surface area contributed by atoms with Crippen molar-refractivity contribution in [2.75, 3.05) is 6.54 Å². The van der Waals surface area contributed by atoms with Crippen molar-refractivity contribution >= 4 is 28.6 Å². The fraction of sp³-hybridized carbons (Fsp3) is 0.352. The van der Waals surface area contributed by atoms with Crippen LogP contribution in [-0.2, 0) is 6.42 Å². The molecule has 0 saturated heterocycles. The van der Waals surface area contributed by atoms with Crippen LogP contribution in [0.25, 0.3) is 22.4 Å². The van der Waals surface area contributed by atoms with Gasteiger partial charge in [0.2, 0.25) is 0 Å². The van der Waals surface area contributed by atoms with Crippen LogP contribution in [0.2, 0.25) is 0 Å². The minimum absolute atomic E-state index is 0.286. The lowest BCUT2D eigenvalue weighted by atomic mass is 9.70. The number of hydrogen-bond acceptors (Lipinski definition) is 2. The van der Waals surface area contributed by atoms with Crippen molar-refractivity contribution in [3.63, 3.8) is 0 Å². The van der Waals surface area contributed by atoms with Gasteiger partial charge in [0.15, 0.2) is 0 Å². The second kappa shape index (κ2) is 16.0. The minimum atomic E-state index is 0.286. The Labute approximate surface area is 334 Å². The van der Waals surface area contributed by atoms with E-state index in [0.29, 0.717) is 29.7 Å². The van der Waals surface area contributed by atoms with E-state index in [4.69, 9.17) is 4.99 Å². The van der Waals surface area contributed by atoms with Crippen molar-refractivity contribution in [3.05, 3.63) is 178 Å². The number of rotatable bonds is 7. The van der Waals surface area contributed by atoms with E-state index in [1.807, 2.05) is 6.21 Å².